The SMILES string of the molecule is COc1ccc(CN(Cc2c(C)nn(C(C)C)c2C)CC2CCCO2)cc1OC.O=C(O)CC(O)(CC(=O)O)C(=O)O. The molecule has 2 aromatic rings. The van der Waals surface area contributed by atoms with Crippen molar-refractivity contribution in [1.82, 2.24) is 14.7 Å². The van der Waals surface area contributed by atoms with Gasteiger partial charge in [0.25, 0.3) is 0 Å². The molecular weight excluding hydrogens is 550 g/mol. The molecule has 0 radical (unpaired) electrons. The zero-order chi connectivity index (χ0) is 31.6. The summed E-state index contributed by atoms with van der Waals surface area (Å²) in [6.07, 6.45) is 0.295. The number of benzene rings is 1. The quantitative estimate of drug-likeness (QED) is 0.252. The summed E-state index contributed by atoms with van der Waals surface area (Å²) in [5.41, 5.74) is 2.14. The molecule has 234 valence electrons. The fraction of sp³-hybridized carbons (Fsp3) is 0.586. The van der Waals surface area contributed by atoms with Crippen LogP contribution in [0.1, 0.15) is 68.1 Å². The van der Waals surface area contributed by atoms with Crippen LogP contribution in [0.3, 0.4) is 0 Å². The number of carboxylic acid groups (broad SMARTS) is 3. The van der Waals surface area contributed by atoms with Crippen molar-refractivity contribution in [3.8, 4) is 11.5 Å². The number of methoxy groups -OCH3 is 2. The number of carboxylic acids is 3. The summed E-state index contributed by atoms with van der Waals surface area (Å²) in [6.45, 7) is 12.1. The van der Waals surface area contributed by atoms with Crippen LogP contribution in [0.2, 0.25) is 0 Å². The van der Waals surface area contributed by atoms with E-state index in [-0.39, 0.29) is 0 Å². The van der Waals surface area contributed by atoms with Gasteiger partial charge in [0.2, 0.25) is 0 Å². The van der Waals surface area contributed by atoms with Crippen molar-refractivity contribution in [2.75, 3.05) is 27.4 Å². The van der Waals surface area contributed by atoms with Gasteiger partial charge in [0.1, 0.15) is 0 Å². The minimum absolute atomic E-state index is 0.302. The van der Waals surface area contributed by atoms with Crippen molar-refractivity contribution in [2.24, 2.45) is 0 Å². The fourth-order valence-electron chi connectivity index (χ4n) is 4.86. The van der Waals surface area contributed by atoms with Gasteiger partial charge in [-0.1, -0.05) is 6.07 Å². The molecule has 2 heterocycles. The third kappa shape index (κ3) is 9.71. The largest absolute Gasteiger partial charge is 0.493 e. The standard InChI is InChI=1S/C23H35N3O3.C6H8O7/c1-16(2)26-18(4)21(17(3)24-26)15-25(14-20-8-7-11-29-20)13-19-9-10-22(27-5)23(12-19)28-6;7-3(8)1-6(13,5(11)12)2-4(9)10/h9-10,12,16,20H,7-8,11,13-15H2,1-6H3;13H,1-2H2,(H,7,8)(H,9,10)(H,11,12). The monoisotopic (exact) mass is 593 g/mol. The van der Waals surface area contributed by atoms with Crippen LogP contribution in [-0.4, -0.2) is 92.1 Å². The summed E-state index contributed by atoms with van der Waals surface area (Å²) in [5.74, 6) is -3.50. The second kappa shape index (κ2) is 15.5. The lowest BCUT2D eigenvalue weighted by molar-refractivity contribution is -0.170. The average Bonchev–Trinajstić information content (AvgIpc) is 3.51. The molecule has 42 heavy (non-hydrogen) atoms. The van der Waals surface area contributed by atoms with Gasteiger partial charge in [0.15, 0.2) is 17.1 Å². The molecule has 1 unspecified atom stereocenters. The molecule has 13 nitrogen and oxygen atoms in total. The Kier molecular flexibility index (Phi) is 12.8. The normalized spacial score (nSPS) is 14.9. The second-order valence-corrected chi connectivity index (χ2v) is 10.7. The van der Waals surface area contributed by atoms with Gasteiger partial charge in [0.05, 0.1) is 38.9 Å². The fourth-order valence-corrected chi connectivity index (χ4v) is 4.86. The molecule has 3 rings (SSSR count). The summed E-state index contributed by atoms with van der Waals surface area (Å²) in [4.78, 5) is 33.0. The van der Waals surface area contributed by atoms with Crippen LogP contribution in [0.5, 0.6) is 11.5 Å². The lowest BCUT2D eigenvalue weighted by Crippen LogP contribution is -2.42. The van der Waals surface area contributed by atoms with Gasteiger partial charge in [0, 0.05) is 43.5 Å². The van der Waals surface area contributed by atoms with Crippen molar-refractivity contribution >= 4 is 17.9 Å². The molecule has 1 saturated heterocycles. The van der Waals surface area contributed by atoms with Crippen molar-refractivity contribution in [2.45, 2.75) is 84.2 Å². The predicted molar refractivity (Wildman–Crippen MR) is 152 cm³/mol. The minimum atomic E-state index is -2.74. The molecule has 1 aliphatic heterocycles. The van der Waals surface area contributed by atoms with Crippen molar-refractivity contribution in [3.05, 3.63) is 40.7 Å². The maximum absolute atomic E-state index is 10.3. The molecule has 1 atom stereocenters. The van der Waals surface area contributed by atoms with Crippen LogP contribution in [-0.2, 0) is 32.2 Å². The molecule has 13 heteroatoms. The van der Waals surface area contributed by atoms with Gasteiger partial charge in [-0.3, -0.25) is 19.2 Å². The Morgan fingerprint density at radius 2 is 1.69 bits per heavy atom. The van der Waals surface area contributed by atoms with Gasteiger partial charge in [-0.15, -0.1) is 0 Å². The van der Waals surface area contributed by atoms with Gasteiger partial charge in [-0.25, -0.2) is 4.79 Å². The molecule has 0 spiro atoms. The molecule has 1 aromatic carbocycles. The lowest BCUT2D eigenvalue weighted by Gasteiger charge is -2.26. The molecule has 1 aromatic heterocycles. The van der Waals surface area contributed by atoms with Crippen LogP contribution in [0.4, 0.5) is 0 Å². The highest BCUT2D eigenvalue weighted by atomic mass is 16.5. The zero-order valence-corrected chi connectivity index (χ0v) is 25.1. The average molecular weight is 594 g/mol. The van der Waals surface area contributed by atoms with Gasteiger partial charge in [-0.05, 0) is 58.2 Å². The van der Waals surface area contributed by atoms with Crippen molar-refractivity contribution in [1.29, 1.82) is 0 Å². The number of hydrogen-bond donors (Lipinski definition) is 4. The van der Waals surface area contributed by atoms with E-state index in [1.54, 1.807) is 14.2 Å². The van der Waals surface area contributed by atoms with E-state index in [4.69, 9.17) is 39.7 Å². The van der Waals surface area contributed by atoms with Crippen LogP contribution in [0.15, 0.2) is 18.2 Å². The summed E-state index contributed by atoms with van der Waals surface area (Å²) in [5, 5.41) is 38.6. The first-order chi connectivity index (χ1) is 19.7. The number of aliphatic carboxylic acids is 3. The van der Waals surface area contributed by atoms with Crippen LogP contribution >= 0.6 is 0 Å². The minimum Gasteiger partial charge on any atom is -0.493 e. The molecular formula is C29H43N3O10. The third-order valence-electron chi connectivity index (χ3n) is 6.97. The highest BCUT2D eigenvalue weighted by Gasteiger charge is 2.40. The Hall–Kier alpha value is -3.68. The molecule has 1 aliphatic rings. The first-order valence-electron chi connectivity index (χ1n) is 13.7. The zero-order valence-electron chi connectivity index (χ0n) is 25.1. The predicted octanol–water partition coefficient (Wildman–Crippen LogP) is 3.03. The molecule has 0 bridgehead atoms. The highest BCUT2D eigenvalue weighted by molar-refractivity contribution is 5.88. The van der Waals surface area contributed by atoms with Gasteiger partial charge >= 0.3 is 17.9 Å². The van der Waals surface area contributed by atoms with Crippen LogP contribution in [0, 0.1) is 13.8 Å². The Labute approximate surface area is 245 Å². The smallest absolute Gasteiger partial charge is 0.336 e. The maximum atomic E-state index is 10.3. The van der Waals surface area contributed by atoms with E-state index >= 15 is 0 Å². The number of aryl methyl sites for hydroxylation is 1. The number of hydrogen-bond acceptors (Lipinski definition) is 9. The van der Waals surface area contributed by atoms with E-state index in [2.05, 4.69) is 49.4 Å². The van der Waals surface area contributed by atoms with Gasteiger partial charge < -0.3 is 34.6 Å². The molecule has 0 saturated carbocycles. The lowest BCUT2D eigenvalue weighted by atomic mass is 9.96. The summed E-state index contributed by atoms with van der Waals surface area (Å²) >= 11 is 0. The van der Waals surface area contributed by atoms with E-state index in [1.165, 1.54) is 16.8 Å². The number of nitrogens with zero attached hydrogens (tertiary/aromatic N) is 3. The van der Waals surface area contributed by atoms with Crippen LogP contribution in [0.25, 0.3) is 0 Å². The van der Waals surface area contributed by atoms with E-state index < -0.39 is 36.4 Å². The van der Waals surface area contributed by atoms with E-state index in [0.29, 0.717) is 12.1 Å². The first kappa shape index (κ1) is 34.5. The number of aliphatic hydroxyl groups is 1. The number of carbonyl (C=O) groups is 3. The Balaban J connectivity index is 0.000000401. The molecule has 4 N–H and O–H groups in total. The van der Waals surface area contributed by atoms with Crippen molar-refractivity contribution in [3.63, 3.8) is 0 Å². The third-order valence-corrected chi connectivity index (χ3v) is 6.97. The Morgan fingerprint density at radius 3 is 2.14 bits per heavy atom. The second-order valence-electron chi connectivity index (χ2n) is 10.7. The Morgan fingerprint density at radius 1 is 1.07 bits per heavy atom. The summed E-state index contributed by atoms with van der Waals surface area (Å²) in [6, 6.07) is 6.52. The van der Waals surface area contributed by atoms with E-state index in [0.717, 1.165) is 56.3 Å². The number of aromatic nitrogens is 2. The molecule has 0 amide bonds. The summed E-state index contributed by atoms with van der Waals surface area (Å²) < 4.78 is 19.0. The van der Waals surface area contributed by atoms with Crippen LogP contribution < -0.4 is 9.47 Å². The summed E-state index contributed by atoms with van der Waals surface area (Å²) in [7, 11) is 3.35. The number of ether oxygens (including phenoxy) is 3. The van der Waals surface area contributed by atoms with E-state index in [9.17, 15) is 14.4 Å². The Bertz CT molecular complexity index is 1200. The first-order valence-corrected chi connectivity index (χ1v) is 13.7. The highest BCUT2D eigenvalue weighted by Crippen LogP contribution is 2.29. The molecule has 0 aliphatic carbocycles. The van der Waals surface area contributed by atoms with Gasteiger partial charge in [-0.2, -0.15) is 5.10 Å². The number of rotatable bonds is 14. The van der Waals surface area contributed by atoms with Crippen molar-refractivity contribution < 1.29 is 49.0 Å². The van der Waals surface area contributed by atoms with E-state index in [1.807, 2.05) is 6.07 Å². The topological polar surface area (TPSA) is 181 Å². The maximum Gasteiger partial charge on any atom is 0.336 e. The molecule has 1 fully saturated rings.